The van der Waals surface area contributed by atoms with E-state index in [1.165, 1.54) is 13.3 Å². The van der Waals surface area contributed by atoms with E-state index in [2.05, 4.69) is 19.2 Å². The van der Waals surface area contributed by atoms with E-state index in [1.807, 2.05) is 29.2 Å². The minimum absolute atomic E-state index is 0.000424. The summed E-state index contributed by atoms with van der Waals surface area (Å²) < 4.78 is 0. The van der Waals surface area contributed by atoms with Crippen LogP contribution in [0, 0.1) is 11.8 Å². The molecule has 1 unspecified atom stereocenters. The molecule has 33 heavy (non-hydrogen) atoms. The molecule has 0 heterocycles. The first-order valence-corrected chi connectivity index (χ1v) is 12.7. The van der Waals surface area contributed by atoms with E-state index >= 15 is 0 Å². The zero-order valence-corrected chi connectivity index (χ0v) is 20.8. The molecule has 2 rings (SSSR count). The van der Waals surface area contributed by atoms with Gasteiger partial charge in [-0.05, 0) is 55.5 Å². The monoisotopic (exact) mass is 475 g/mol. The number of anilines is 1. The highest BCUT2D eigenvalue weighted by Gasteiger charge is 2.29. The maximum Gasteiger partial charge on any atom is 0.230 e. The van der Waals surface area contributed by atoms with Gasteiger partial charge in [-0.25, -0.2) is 0 Å². The van der Waals surface area contributed by atoms with Gasteiger partial charge in [-0.15, -0.1) is 0 Å². The summed E-state index contributed by atoms with van der Waals surface area (Å²) >= 11 is 0.999. The molecule has 1 aromatic carbocycles. The zero-order chi connectivity index (χ0) is 24.4. The van der Waals surface area contributed by atoms with Crippen LogP contribution in [0.2, 0.25) is 0 Å². The second kappa shape index (κ2) is 13.4. The molecule has 0 bridgehead atoms. The number of benzene rings is 1. The lowest BCUT2D eigenvalue weighted by atomic mass is 9.88. The lowest BCUT2D eigenvalue weighted by Crippen LogP contribution is -2.40. The summed E-state index contributed by atoms with van der Waals surface area (Å²) in [6, 6.07) is 6.59. The highest BCUT2D eigenvalue weighted by Crippen LogP contribution is 2.35. The summed E-state index contributed by atoms with van der Waals surface area (Å²) in [5.41, 5.74) is 5.96. The van der Waals surface area contributed by atoms with E-state index in [0.717, 1.165) is 49.6 Å². The van der Waals surface area contributed by atoms with Crippen LogP contribution < -0.4 is 16.0 Å². The van der Waals surface area contributed by atoms with Crippen molar-refractivity contribution in [3.63, 3.8) is 0 Å². The zero-order valence-electron chi connectivity index (χ0n) is 20.0. The smallest absolute Gasteiger partial charge is 0.230 e. The molecule has 8 heteroatoms. The Hall–Kier alpha value is -2.35. The van der Waals surface area contributed by atoms with Crippen molar-refractivity contribution in [2.45, 2.75) is 83.1 Å². The SMILES string of the molecule is CC(=O)NC(CCC(N)=O)C(=O)Sc1ccccc1N(CCC(C)C)C(=O)C1CCCCC1. The second-order valence-corrected chi connectivity index (χ2v) is 10.2. The van der Waals surface area contributed by atoms with Gasteiger partial charge in [0.15, 0.2) is 0 Å². The van der Waals surface area contributed by atoms with Gasteiger partial charge < -0.3 is 16.0 Å². The molecule has 1 saturated carbocycles. The van der Waals surface area contributed by atoms with Crippen LogP contribution in [0.3, 0.4) is 0 Å². The van der Waals surface area contributed by atoms with Crippen LogP contribution in [-0.2, 0) is 19.2 Å². The third kappa shape index (κ3) is 8.84. The van der Waals surface area contributed by atoms with Gasteiger partial charge in [-0.2, -0.15) is 0 Å². The van der Waals surface area contributed by atoms with Gasteiger partial charge >= 0.3 is 0 Å². The van der Waals surface area contributed by atoms with Crippen LogP contribution in [0.4, 0.5) is 5.69 Å². The number of hydrogen-bond donors (Lipinski definition) is 2. The van der Waals surface area contributed by atoms with Gasteiger partial charge in [-0.3, -0.25) is 19.2 Å². The summed E-state index contributed by atoms with van der Waals surface area (Å²) in [4.78, 5) is 51.9. The Bertz CT molecular complexity index is 837. The van der Waals surface area contributed by atoms with Gasteiger partial charge in [-0.1, -0.05) is 45.2 Å². The fourth-order valence-electron chi connectivity index (χ4n) is 4.03. The number of hydrogen-bond acceptors (Lipinski definition) is 5. The first kappa shape index (κ1) is 26.9. The number of amides is 3. The standard InChI is InChI=1S/C25H37N3O4S/c1-17(2)15-16-28(24(31)19-9-5-4-6-10-19)21-11-7-8-12-22(21)33-25(32)20(27-18(3)29)13-14-23(26)30/h7-8,11-12,17,19-20H,4-6,9-10,13-16H2,1-3H3,(H2,26,30)(H,27,29). The number of nitrogens with one attached hydrogen (secondary N) is 1. The van der Waals surface area contributed by atoms with Crippen LogP contribution in [-0.4, -0.2) is 35.4 Å². The summed E-state index contributed by atoms with van der Waals surface area (Å²) in [5, 5.41) is 2.34. The molecule has 1 aliphatic carbocycles. The minimum atomic E-state index is -0.828. The van der Waals surface area contributed by atoms with Crippen molar-refractivity contribution in [3.05, 3.63) is 24.3 Å². The molecular weight excluding hydrogens is 438 g/mol. The Morgan fingerprint density at radius 3 is 2.36 bits per heavy atom. The number of primary amides is 1. The number of thioether (sulfide) groups is 1. The number of nitrogens with two attached hydrogens (primary N) is 1. The van der Waals surface area contributed by atoms with E-state index in [4.69, 9.17) is 5.73 Å². The summed E-state index contributed by atoms with van der Waals surface area (Å²) in [5.74, 6) is -0.296. The van der Waals surface area contributed by atoms with Crippen LogP contribution in [0.5, 0.6) is 0 Å². The van der Waals surface area contributed by atoms with Crippen molar-refractivity contribution >= 4 is 40.3 Å². The average Bonchev–Trinajstić information content (AvgIpc) is 2.77. The fraction of sp³-hybridized carbons (Fsp3) is 0.600. The third-order valence-corrected chi connectivity index (χ3v) is 6.91. The van der Waals surface area contributed by atoms with Crippen LogP contribution >= 0.6 is 11.8 Å². The van der Waals surface area contributed by atoms with Crippen LogP contribution in [0.25, 0.3) is 0 Å². The Morgan fingerprint density at radius 1 is 1.09 bits per heavy atom. The summed E-state index contributed by atoms with van der Waals surface area (Å²) in [6.45, 7) is 6.18. The molecule has 7 nitrogen and oxygen atoms in total. The summed E-state index contributed by atoms with van der Waals surface area (Å²) in [6.07, 6.45) is 6.13. The Morgan fingerprint density at radius 2 is 1.76 bits per heavy atom. The predicted molar refractivity (Wildman–Crippen MR) is 132 cm³/mol. The highest BCUT2D eigenvalue weighted by molar-refractivity contribution is 8.14. The van der Waals surface area contributed by atoms with Crippen LogP contribution in [0.15, 0.2) is 29.2 Å². The fourth-order valence-corrected chi connectivity index (χ4v) is 5.00. The van der Waals surface area contributed by atoms with Gasteiger partial charge in [0.05, 0.1) is 11.7 Å². The minimum Gasteiger partial charge on any atom is -0.370 e. The second-order valence-electron chi connectivity index (χ2n) is 9.15. The highest BCUT2D eigenvalue weighted by atomic mass is 32.2. The van der Waals surface area contributed by atoms with Crippen LogP contribution in [0.1, 0.15) is 72.1 Å². The van der Waals surface area contributed by atoms with Crippen molar-refractivity contribution in [3.8, 4) is 0 Å². The molecule has 0 saturated heterocycles. The maximum atomic E-state index is 13.5. The lowest BCUT2D eigenvalue weighted by Gasteiger charge is -2.31. The van der Waals surface area contributed by atoms with E-state index in [9.17, 15) is 19.2 Å². The topological polar surface area (TPSA) is 110 Å². The van der Waals surface area contributed by atoms with E-state index in [-0.39, 0.29) is 35.7 Å². The van der Waals surface area contributed by atoms with Gasteiger partial charge in [0, 0.05) is 30.7 Å². The van der Waals surface area contributed by atoms with Crippen molar-refractivity contribution in [1.29, 1.82) is 0 Å². The number of para-hydroxylation sites is 1. The number of carbonyl (C=O) groups excluding carboxylic acids is 4. The molecule has 1 aliphatic rings. The van der Waals surface area contributed by atoms with E-state index in [1.54, 1.807) is 0 Å². The molecule has 182 valence electrons. The Kier molecular flexibility index (Phi) is 10.9. The Labute approximate surface area is 201 Å². The molecule has 0 aromatic heterocycles. The molecule has 3 amide bonds. The van der Waals surface area contributed by atoms with Crippen molar-refractivity contribution in [2.75, 3.05) is 11.4 Å². The molecule has 1 fully saturated rings. The summed E-state index contributed by atoms with van der Waals surface area (Å²) in [7, 11) is 0. The van der Waals surface area contributed by atoms with E-state index < -0.39 is 11.9 Å². The number of carbonyl (C=O) groups is 4. The number of rotatable bonds is 11. The van der Waals surface area contributed by atoms with Crippen molar-refractivity contribution in [2.24, 2.45) is 17.6 Å². The van der Waals surface area contributed by atoms with Crippen molar-refractivity contribution in [1.82, 2.24) is 5.32 Å². The van der Waals surface area contributed by atoms with Gasteiger partial charge in [0.1, 0.15) is 0 Å². The lowest BCUT2D eigenvalue weighted by molar-refractivity contribution is -0.124. The Balaban J connectivity index is 2.28. The first-order valence-electron chi connectivity index (χ1n) is 11.9. The molecule has 1 aromatic rings. The molecule has 0 spiro atoms. The van der Waals surface area contributed by atoms with Crippen molar-refractivity contribution < 1.29 is 19.2 Å². The predicted octanol–water partition coefficient (Wildman–Crippen LogP) is 4.03. The molecular formula is C25H37N3O4S. The maximum absolute atomic E-state index is 13.5. The number of nitrogens with zero attached hydrogens (tertiary/aromatic N) is 1. The quantitative estimate of drug-likeness (QED) is 0.470. The molecule has 0 aliphatic heterocycles. The molecule has 0 radical (unpaired) electrons. The normalized spacial score (nSPS) is 15.2. The first-order chi connectivity index (χ1) is 15.7. The third-order valence-electron chi connectivity index (χ3n) is 5.86. The van der Waals surface area contributed by atoms with E-state index in [0.29, 0.717) is 17.4 Å². The largest absolute Gasteiger partial charge is 0.370 e. The molecule has 1 atom stereocenters. The van der Waals surface area contributed by atoms with Gasteiger partial charge in [0.25, 0.3) is 0 Å². The van der Waals surface area contributed by atoms with Gasteiger partial charge in [0.2, 0.25) is 22.8 Å². The average molecular weight is 476 g/mol. The molecule has 3 N–H and O–H groups in total.